The maximum absolute atomic E-state index is 11.0. The molecule has 15 heavy (non-hydrogen) atoms. The van der Waals surface area contributed by atoms with Gasteiger partial charge in [-0.2, -0.15) is 0 Å². The summed E-state index contributed by atoms with van der Waals surface area (Å²) >= 11 is 5.25. The van der Waals surface area contributed by atoms with Crippen LogP contribution in [0.15, 0.2) is 0 Å². The van der Waals surface area contributed by atoms with Crippen LogP contribution in [0, 0.1) is 0 Å². The monoisotopic (exact) mass is 268 g/mol. The second-order valence-corrected chi connectivity index (χ2v) is 4.46. The fraction of sp³-hybridized carbons (Fsp3) is 1.00. The largest absolute Gasteiger partial charge is 1.00 e. The normalized spacial score (nSPS) is 16.5. The zero-order valence-electron chi connectivity index (χ0n) is 9.02. The molecule has 0 spiro atoms. The number of hydrogen-bond acceptors (Lipinski definition) is 5. The first-order chi connectivity index (χ1) is 6.52. The quantitative estimate of drug-likeness (QED) is 0.236. The fourth-order valence-corrected chi connectivity index (χ4v) is 1.45. The molecule has 0 saturated carbocycles. The summed E-state index contributed by atoms with van der Waals surface area (Å²) in [7, 11) is -4.26. The van der Waals surface area contributed by atoms with Gasteiger partial charge in [0.05, 0.1) is 25.2 Å². The average Bonchev–Trinajstić information content (AvgIpc) is 2.14. The van der Waals surface area contributed by atoms with Crippen molar-refractivity contribution in [3.63, 3.8) is 0 Å². The van der Waals surface area contributed by atoms with Gasteiger partial charge in [-0.05, 0) is 6.42 Å². The van der Waals surface area contributed by atoms with Crippen molar-refractivity contribution in [3.05, 3.63) is 0 Å². The van der Waals surface area contributed by atoms with Gasteiger partial charge in [0, 0.05) is 0 Å². The minimum absolute atomic E-state index is 0. The SMILES string of the molecule is CCCCOP(=O)([O-])OCC(O)CCl.[Na+]. The van der Waals surface area contributed by atoms with E-state index in [9.17, 15) is 9.46 Å². The zero-order valence-corrected chi connectivity index (χ0v) is 12.7. The second-order valence-electron chi connectivity index (χ2n) is 2.74. The Morgan fingerprint density at radius 3 is 2.60 bits per heavy atom. The molecular weight excluding hydrogens is 253 g/mol. The van der Waals surface area contributed by atoms with Crippen molar-refractivity contribution in [2.75, 3.05) is 19.1 Å². The molecule has 0 rings (SSSR count). The van der Waals surface area contributed by atoms with Gasteiger partial charge < -0.3 is 19.0 Å². The minimum Gasteiger partial charge on any atom is -0.756 e. The van der Waals surface area contributed by atoms with Crippen molar-refractivity contribution in [1.82, 2.24) is 0 Å². The van der Waals surface area contributed by atoms with E-state index in [1.807, 2.05) is 6.92 Å². The van der Waals surface area contributed by atoms with Crippen molar-refractivity contribution in [2.45, 2.75) is 25.9 Å². The van der Waals surface area contributed by atoms with E-state index >= 15 is 0 Å². The molecule has 0 aliphatic rings. The van der Waals surface area contributed by atoms with Crippen LogP contribution in [0.1, 0.15) is 19.8 Å². The van der Waals surface area contributed by atoms with E-state index in [2.05, 4.69) is 9.05 Å². The number of rotatable bonds is 8. The van der Waals surface area contributed by atoms with E-state index < -0.39 is 13.9 Å². The number of halogens is 1. The molecule has 0 aromatic rings. The number of phosphoric acid groups is 1. The molecule has 2 atom stereocenters. The van der Waals surface area contributed by atoms with E-state index in [0.717, 1.165) is 6.42 Å². The molecule has 0 aromatic carbocycles. The number of aliphatic hydroxyl groups excluding tert-OH is 1. The van der Waals surface area contributed by atoms with Gasteiger partial charge in [-0.15, -0.1) is 11.6 Å². The molecule has 0 bridgehead atoms. The molecule has 0 aliphatic carbocycles. The third-order valence-corrected chi connectivity index (χ3v) is 2.67. The summed E-state index contributed by atoms with van der Waals surface area (Å²) < 4.78 is 19.8. The maximum atomic E-state index is 11.0. The molecule has 2 unspecified atom stereocenters. The van der Waals surface area contributed by atoms with Gasteiger partial charge >= 0.3 is 29.6 Å². The van der Waals surface area contributed by atoms with Gasteiger partial charge in [-0.25, -0.2) is 0 Å². The maximum Gasteiger partial charge on any atom is 1.00 e. The molecule has 0 aliphatic heterocycles. The van der Waals surface area contributed by atoms with Crippen LogP contribution < -0.4 is 34.5 Å². The smallest absolute Gasteiger partial charge is 0.756 e. The summed E-state index contributed by atoms with van der Waals surface area (Å²) in [4.78, 5) is 11.0. The van der Waals surface area contributed by atoms with Crippen molar-refractivity contribution < 1.29 is 53.2 Å². The predicted octanol–water partition coefficient (Wildman–Crippen LogP) is -2.11. The van der Waals surface area contributed by atoms with Crippen LogP contribution in [0.2, 0.25) is 0 Å². The third-order valence-electron chi connectivity index (χ3n) is 1.35. The van der Waals surface area contributed by atoms with E-state index in [1.54, 1.807) is 0 Å². The van der Waals surface area contributed by atoms with Crippen LogP contribution in [-0.2, 0) is 13.6 Å². The Labute approximate surface area is 117 Å². The van der Waals surface area contributed by atoms with Crippen LogP contribution in [0.3, 0.4) is 0 Å². The summed E-state index contributed by atoms with van der Waals surface area (Å²) in [5.41, 5.74) is 0. The topological polar surface area (TPSA) is 78.8 Å². The number of unbranched alkanes of at least 4 members (excludes halogenated alkanes) is 1. The Morgan fingerprint density at radius 2 is 2.13 bits per heavy atom. The Balaban J connectivity index is 0. The van der Waals surface area contributed by atoms with E-state index in [0.29, 0.717) is 6.42 Å². The molecular formula is C7H15ClNaO5P. The molecule has 0 aromatic heterocycles. The number of phosphoric ester groups is 1. The molecule has 0 saturated heterocycles. The Morgan fingerprint density at radius 1 is 1.53 bits per heavy atom. The average molecular weight is 269 g/mol. The van der Waals surface area contributed by atoms with Crippen LogP contribution in [0.25, 0.3) is 0 Å². The molecule has 0 fully saturated rings. The van der Waals surface area contributed by atoms with Gasteiger partial charge in [0.25, 0.3) is 7.82 Å². The van der Waals surface area contributed by atoms with Crippen molar-refractivity contribution >= 4 is 19.4 Å². The molecule has 86 valence electrons. The minimum atomic E-state index is -4.26. The van der Waals surface area contributed by atoms with E-state index in [1.165, 1.54) is 0 Å². The fourth-order valence-electron chi connectivity index (χ4n) is 0.580. The van der Waals surface area contributed by atoms with Gasteiger partial charge in [0.1, 0.15) is 0 Å². The standard InChI is InChI=1S/C7H16ClO5P.Na/c1-2-3-4-12-14(10,11)13-6-7(9)5-8;/h7,9H,2-6H2,1H3,(H,10,11);/q;+1/p-1. The molecule has 1 N–H and O–H groups in total. The summed E-state index contributed by atoms with van der Waals surface area (Å²) in [6.07, 6.45) is 0.492. The van der Waals surface area contributed by atoms with Gasteiger partial charge in [-0.3, -0.25) is 4.57 Å². The van der Waals surface area contributed by atoms with Crippen molar-refractivity contribution in [2.24, 2.45) is 0 Å². The predicted molar refractivity (Wildman–Crippen MR) is 51.1 cm³/mol. The second kappa shape index (κ2) is 10.5. The first kappa shape index (κ1) is 18.7. The van der Waals surface area contributed by atoms with Crippen molar-refractivity contribution in [1.29, 1.82) is 0 Å². The Kier molecular flexibility index (Phi) is 13.1. The van der Waals surface area contributed by atoms with Gasteiger partial charge in [0.15, 0.2) is 0 Å². The molecule has 0 radical (unpaired) electrons. The first-order valence-corrected chi connectivity index (χ1v) is 6.35. The third kappa shape index (κ3) is 11.6. The van der Waals surface area contributed by atoms with Crippen LogP contribution in [0.4, 0.5) is 0 Å². The van der Waals surface area contributed by atoms with Crippen LogP contribution in [0.5, 0.6) is 0 Å². The molecule has 0 heterocycles. The molecule has 0 amide bonds. The number of alkyl halides is 1. The summed E-state index contributed by atoms with van der Waals surface area (Å²) in [6.45, 7) is 1.65. The summed E-state index contributed by atoms with van der Waals surface area (Å²) in [6, 6.07) is 0. The summed E-state index contributed by atoms with van der Waals surface area (Å²) in [5, 5.41) is 8.92. The molecule has 8 heteroatoms. The Bertz CT molecular complexity index is 194. The van der Waals surface area contributed by atoms with Gasteiger partial charge in [0.2, 0.25) is 0 Å². The number of hydrogen-bond donors (Lipinski definition) is 1. The van der Waals surface area contributed by atoms with Gasteiger partial charge in [-0.1, -0.05) is 13.3 Å². The molecule has 5 nitrogen and oxygen atoms in total. The first-order valence-electron chi connectivity index (χ1n) is 4.36. The summed E-state index contributed by atoms with van der Waals surface area (Å²) in [5.74, 6) is -0.0744. The Hall–Kier alpha value is 1.36. The van der Waals surface area contributed by atoms with Crippen LogP contribution >= 0.6 is 19.4 Å². The van der Waals surface area contributed by atoms with Crippen LogP contribution in [-0.4, -0.2) is 30.3 Å². The van der Waals surface area contributed by atoms with E-state index in [-0.39, 0.29) is 48.7 Å². The van der Waals surface area contributed by atoms with E-state index in [4.69, 9.17) is 16.7 Å². The number of aliphatic hydroxyl groups is 1. The zero-order chi connectivity index (χ0) is 11.0. The van der Waals surface area contributed by atoms with Crippen molar-refractivity contribution in [3.8, 4) is 0 Å².